The van der Waals surface area contributed by atoms with Crippen molar-refractivity contribution in [2.24, 2.45) is 13.0 Å². The summed E-state index contributed by atoms with van der Waals surface area (Å²) in [5.41, 5.74) is 2.47. The molecule has 0 spiro atoms. The number of benzene rings is 1. The lowest BCUT2D eigenvalue weighted by molar-refractivity contribution is 0.0391. The molecule has 3 heterocycles. The van der Waals surface area contributed by atoms with Crippen LogP contribution in [0.1, 0.15) is 48.9 Å². The van der Waals surface area contributed by atoms with Gasteiger partial charge in [-0.25, -0.2) is 0 Å². The molecule has 2 fully saturated rings. The van der Waals surface area contributed by atoms with Gasteiger partial charge < -0.3 is 14.4 Å². The molecule has 2 aliphatic heterocycles. The molecule has 1 amide bonds. The summed E-state index contributed by atoms with van der Waals surface area (Å²) in [6, 6.07) is 6.26. The molecule has 2 atom stereocenters. The van der Waals surface area contributed by atoms with Gasteiger partial charge in [-0.15, -0.1) is 0 Å². The molecule has 1 aliphatic carbocycles. The largest absolute Gasteiger partial charge is 0.486 e. The molecule has 28 heavy (non-hydrogen) atoms. The SMILES string of the molecule is Cn1ncc(C(=O)N2CCCC3CCCCC32)c1-c1ccc2c(c1)OCCO2. The van der Waals surface area contributed by atoms with Gasteiger partial charge in [-0.05, 0) is 49.8 Å². The molecule has 5 rings (SSSR count). The van der Waals surface area contributed by atoms with Crippen LogP contribution < -0.4 is 9.47 Å². The van der Waals surface area contributed by atoms with E-state index in [1.165, 1.54) is 25.7 Å². The number of aryl methyl sites for hydroxylation is 1. The van der Waals surface area contributed by atoms with Crippen LogP contribution in [0.15, 0.2) is 24.4 Å². The number of fused-ring (bicyclic) bond motifs is 2. The Kier molecular flexibility index (Phi) is 4.49. The van der Waals surface area contributed by atoms with Crippen LogP contribution in [0.2, 0.25) is 0 Å². The summed E-state index contributed by atoms with van der Waals surface area (Å²) in [4.78, 5) is 15.7. The van der Waals surface area contributed by atoms with Crippen LogP contribution >= 0.6 is 0 Å². The average Bonchev–Trinajstić information content (AvgIpc) is 3.14. The highest BCUT2D eigenvalue weighted by Gasteiger charge is 2.37. The maximum Gasteiger partial charge on any atom is 0.257 e. The van der Waals surface area contributed by atoms with Gasteiger partial charge in [-0.2, -0.15) is 5.10 Å². The molecule has 6 heteroatoms. The second kappa shape index (κ2) is 7.15. The summed E-state index contributed by atoms with van der Waals surface area (Å²) in [6.45, 7) is 1.97. The Morgan fingerprint density at radius 3 is 2.75 bits per heavy atom. The second-order valence-corrected chi connectivity index (χ2v) is 8.14. The molecule has 2 unspecified atom stereocenters. The molecule has 1 saturated heterocycles. The molecular formula is C22H27N3O3. The number of hydrogen-bond donors (Lipinski definition) is 0. The monoisotopic (exact) mass is 381 g/mol. The van der Waals surface area contributed by atoms with Crippen molar-refractivity contribution in [1.29, 1.82) is 0 Å². The van der Waals surface area contributed by atoms with E-state index in [-0.39, 0.29) is 5.91 Å². The van der Waals surface area contributed by atoms with Crippen molar-refractivity contribution in [2.45, 2.75) is 44.6 Å². The number of amides is 1. The van der Waals surface area contributed by atoms with E-state index in [9.17, 15) is 4.79 Å². The van der Waals surface area contributed by atoms with Gasteiger partial charge in [-0.3, -0.25) is 9.48 Å². The van der Waals surface area contributed by atoms with Crippen LogP contribution in [0.5, 0.6) is 11.5 Å². The van der Waals surface area contributed by atoms with Crippen LogP contribution in [-0.2, 0) is 7.05 Å². The Labute approximate surface area is 165 Å². The van der Waals surface area contributed by atoms with E-state index in [1.807, 2.05) is 25.2 Å². The normalized spacial score (nSPS) is 24.0. The van der Waals surface area contributed by atoms with Gasteiger partial charge in [0.25, 0.3) is 5.91 Å². The molecule has 3 aliphatic rings. The topological polar surface area (TPSA) is 56.6 Å². The van der Waals surface area contributed by atoms with E-state index in [4.69, 9.17) is 9.47 Å². The third-order valence-corrected chi connectivity index (χ3v) is 6.49. The van der Waals surface area contributed by atoms with Crippen LogP contribution in [0, 0.1) is 5.92 Å². The summed E-state index contributed by atoms with van der Waals surface area (Å²) in [6.07, 6.45) is 9.02. The van der Waals surface area contributed by atoms with Crippen LogP contribution in [-0.4, -0.2) is 46.4 Å². The number of carbonyl (C=O) groups excluding carboxylic acids is 1. The van der Waals surface area contributed by atoms with Gasteiger partial charge in [0.2, 0.25) is 0 Å². The maximum absolute atomic E-state index is 13.6. The predicted molar refractivity (Wildman–Crippen MR) is 106 cm³/mol. The lowest BCUT2D eigenvalue weighted by atomic mass is 9.78. The van der Waals surface area contributed by atoms with E-state index in [1.54, 1.807) is 10.9 Å². The molecule has 0 N–H and O–H groups in total. The molecule has 1 saturated carbocycles. The van der Waals surface area contributed by atoms with E-state index >= 15 is 0 Å². The number of aromatic nitrogens is 2. The number of nitrogens with zero attached hydrogens (tertiary/aromatic N) is 3. The Balaban J connectivity index is 1.49. The summed E-state index contributed by atoms with van der Waals surface area (Å²) in [5.74, 6) is 2.27. The zero-order chi connectivity index (χ0) is 19.1. The highest BCUT2D eigenvalue weighted by molar-refractivity contribution is 6.00. The zero-order valence-corrected chi connectivity index (χ0v) is 16.4. The predicted octanol–water partition coefficient (Wildman–Crippen LogP) is 3.65. The average molecular weight is 381 g/mol. The molecule has 1 aromatic carbocycles. The van der Waals surface area contributed by atoms with Crippen molar-refractivity contribution >= 4 is 5.91 Å². The molecule has 6 nitrogen and oxygen atoms in total. The maximum atomic E-state index is 13.6. The van der Waals surface area contributed by atoms with Gasteiger partial charge in [-0.1, -0.05) is 12.8 Å². The minimum atomic E-state index is 0.120. The number of piperidine rings is 1. The number of rotatable bonds is 2. The first-order valence-corrected chi connectivity index (χ1v) is 10.5. The van der Waals surface area contributed by atoms with Gasteiger partial charge in [0, 0.05) is 25.2 Å². The third-order valence-electron chi connectivity index (χ3n) is 6.49. The van der Waals surface area contributed by atoms with Crippen LogP contribution in [0.3, 0.4) is 0 Å². The lowest BCUT2D eigenvalue weighted by Crippen LogP contribution is -2.49. The van der Waals surface area contributed by atoms with Crippen molar-refractivity contribution < 1.29 is 14.3 Å². The number of hydrogen-bond acceptors (Lipinski definition) is 4. The molecule has 0 bridgehead atoms. The number of likely N-dealkylation sites (tertiary alicyclic amines) is 1. The number of ether oxygens (including phenoxy) is 2. The van der Waals surface area contributed by atoms with E-state index in [0.29, 0.717) is 30.7 Å². The summed E-state index contributed by atoms with van der Waals surface area (Å²) >= 11 is 0. The zero-order valence-electron chi connectivity index (χ0n) is 16.4. The van der Waals surface area contributed by atoms with Gasteiger partial charge in [0.1, 0.15) is 13.2 Å². The van der Waals surface area contributed by atoms with Crippen molar-refractivity contribution in [1.82, 2.24) is 14.7 Å². The summed E-state index contributed by atoms with van der Waals surface area (Å²) in [5, 5.41) is 4.42. The fourth-order valence-electron chi connectivity index (χ4n) is 5.16. The van der Waals surface area contributed by atoms with E-state index in [0.717, 1.165) is 42.1 Å². The lowest BCUT2D eigenvalue weighted by Gasteiger charge is -2.44. The van der Waals surface area contributed by atoms with Crippen molar-refractivity contribution in [3.8, 4) is 22.8 Å². The fraction of sp³-hybridized carbons (Fsp3) is 0.545. The Morgan fingerprint density at radius 2 is 1.86 bits per heavy atom. The Hall–Kier alpha value is -2.50. The van der Waals surface area contributed by atoms with E-state index < -0.39 is 0 Å². The smallest absolute Gasteiger partial charge is 0.257 e. The van der Waals surface area contributed by atoms with Crippen molar-refractivity contribution in [3.05, 3.63) is 30.0 Å². The van der Waals surface area contributed by atoms with Crippen molar-refractivity contribution in [2.75, 3.05) is 19.8 Å². The fourth-order valence-corrected chi connectivity index (χ4v) is 5.16. The molecule has 0 radical (unpaired) electrons. The molecular weight excluding hydrogens is 354 g/mol. The highest BCUT2D eigenvalue weighted by atomic mass is 16.6. The minimum absolute atomic E-state index is 0.120. The standard InChI is InChI=1S/C22H27N3O3/c1-24-21(16-8-9-19-20(13-16)28-12-11-27-19)17(14-23-24)22(26)25-10-4-6-15-5-2-3-7-18(15)25/h8-9,13-15,18H,2-7,10-12H2,1H3. The Bertz CT molecular complexity index is 889. The minimum Gasteiger partial charge on any atom is -0.486 e. The Morgan fingerprint density at radius 1 is 1.07 bits per heavy atom. The van der Waals surface area contributed by atoms with Crippen LogP contribution in [0.25, 0.3) is 11.3 Å². The first kappa shape index (κ1) is 17.6. The summed E-state index contributed by atoms with van der Waals surface area (Å²) < 4.78 is 13.2. The van der Waals surface area contributed by atoms with Gasteiger partial charge in [0.05, 0.1) is 17.5 Å². The molecule has 1 aromatic heterocycles. The first-order chi connectivity index (χ1) is 13.7. The molecule has 148 valence electrons. The molecule has 2 aromatic rings. The summed E-state index contributed by atoms with van der Waals surface area (Å²) in [7, 11) is 1.89. The van der Waals surface area contributed by atoms with Crippen LogP contribution in [0.4, 0.5) is 0 Å². The van der Waals surface area contributed by atoms with Crippen molar-refractivity contribution in [3.63, 3.8) is 0 Å². The quantitative estimate of drug-likeness (QED) is 0.797. The first-order valence-electron chi connectivity index (χ1n) is 10.5. The second-order valence-electron chi connectivity index (χ2n) is 8.14. The highest BCUT2D eigenvalue weighted by Crippen LogP contribution is 2.38. The van der Waals surface area contributed by atoms with Gasteiger partial charge >= 0.3 is 0 Å². The number of carbonyl (C=O) groups is 1. The third kappa shape index (κ3) is 2.95. The van der Waals surface area contributed by atoms with E-state index in [2.05, 4.69) is 10.00 Å². The van der Waals surface area contributed by atoms with Gasteiger partial charge in [0.15, 0.2) is 11.5 Å².